The number of carbonyl (C=O) groups excluding carboxylic acids is 1. The number of hydrogen-bond acceptors (Lipinski definition) is 2. The molecule has 0 heterocycles. The highest BCUT2D eigenvalue weighted by atomic mass is 16.2. The molecule has 1 N–H and O–H groups in total. The average Bonchev–Trinajstić information content (AvgIpc) is 2.47. The molecule has 5 rings (SSSR count). The number of rotatable bonds is 5. The maximum atomic E-state index is 12.3. The molecule has 3 heteroatoms. The summed E-state index contributed by atoms with van der Waals surface area (Å²) >= 11 is 0. The second kappa shape index (κ2) is 6.18. The first-order valence-electron chi connectivity index (χ1n) is 9.55. The molecule has 0 spiro atoms. The van der Waals surface area contributed by atoms with Crippen LogP contribution in [0.25, 0.3) is 0 Å². The van der Waals surface area contributed by atoms with Crippen molar-refractivity contribution in [1.29, 1.82) is 0 Å². The fourth-order valence-electron chi connectivity index (χ4n) is 6.19. The zero-order valence-electron chi connectivity index (χ0n) is 15.1. The lowest BCUT2D eigenvalue weighted by Crippen LogP contribution is -2.51. The smallest absolute Gasteiger partial charge is 0.238 e. The van der Waals surface area contributed by atoms with Gasteiger partial charge >= 0.3 is 0 Å². The molecule has 4 aliphatic rings. The van der Waals surface area contributed by atoms with Crippen LogP contribution in [0.3, 0.4) is 0 Å². The Morgan fingerprint density at radius 2 is 1.62 bits per heavy atom. The van der Waals surface area contributed by atoms with Crippen molar-refractivity contribution < 1.29 is 4.79 Å². The van der Waals surface area contributed by atoms with E-state index in [-0.39, 0.29) is 5.91 Å². The Morgan fingerprint density at radius 1 is 1.08 bits per heavy atom. The third-order valence-electron chi connectivity index (χ3n) is 6.52. The molecule has 130 valence electrons. The van der Waals surface area contributed by atoms with Crippen LogP contribution in [0.5, 0.6) is 0 Å². The maximum Gasteiger partial charge on any atom is 0.238 e. The summed E-state index contributed by atoms with van der Waals surface area (Å²) in [6, 6.07) is 8.03. The van der Waals surface area contributed by atoms with Crippen molar-refractivity contribution in [3.63, 3.8) is 0 Å². The van der Waals surface area contributed by atoms with Gasteiger partial charge in [-0.1, -0.05) is 17.7 Å². The summed E-state index contributed by atoms with van der Waals surface area (Å²) in [5.41, 5.74) is 2.62. The molecular weight excluding hydrogens is 296 g/mol. The normalized spacial score (nSPS) is 33.9. The Labute approximate surface area is 145 Å². The van der Waals surface area contributed by atoms with Crippen molar-refractivity contribution in [3.8, 4) is 0 Å². The number of nitrogens with zero attached hydrogens (tertiary/aromatic N) is 1. The highest BCUT2D eigenvalue weighted by Crippen LogP contribution is 2.60. The highest BCUT2D eigenvalue weighted by molar-refractivity contribution is 5.92. The van der Waals surface area contributed by atoms with E-state index < -0.39 is 0 Å². The third-order valence-corrected chi connectivity index (χ3v) is 6.52. The third kappa shape index (κ3) is 3.37. The van der Waals surface area contributed by atoms with Crippen molar-refractivity contribution in [1.82, 2.24) is 4.90 Å². The Hall–Kier alpha value is -1.35. The van der Waals surface area contributed by atoms with E-state index in [1.807, 2.05) is 24.3 Å². The van der Waals surface area contributed by atoms with E-state index in [9.17, 15) is 4.79 Å². The van der Waals surface area contributed by atoms with Crippen LogP contribution in [-0.4, -0.2) is 30.9 Å². The molecule has 1 aromatic carbocycles. The fourth-order valence-corrected chi connectivity index (χ4v) is 6.19. The van der Waals surface area contributed by atoms with Gasteiger partial charge in [0.15, 0.2) is 0 Å². The molecular formula is C21H30N2O. The molecule has 24 heavy (non-hydrogen) atoms. The number of hydrogen-bond donors (Lipinski definition) is 1. The van der Waals surface area contributed by atoms with Gasteiger partial charge in [0.25, 0.3) is 0 Å². The number of aryl methyl sites for hydroxylation is 1. The molecule has 4 fully saturated rings. The number of anilines is 1. The van der Waals surface area contributed by atoms with E-state index >= 15 is 0 Å². The van der Waals surface area contributed by atoms with Crippen molar-refractivity contribution in [2.45, 2.75) is 45.4 Å². The minimum absolute atomic E-state index is 0.103. The van der Waals surface area contributed by atoms with Crippen LogP contribution in [0, 0.1) is 30.1 Å². The number of amides is 1. The number of carbonyl (C=O) groups is 1. The molecule has 0 unspecified atom stereocenters. The summed E-state index contributed by atoms with van der Waals surface area (Å²) < 4.78 is 0. The minimum atomic E-state index is 0.103. The molecule has 0 aliphatic heterocycles. The first kappa shape index (κ1) is 16.1. The highest BCUT2D eigenvalue weighted by Gasteiger charge is 2.51. The monoisotopic (exact) mass is 326 g/mol. The molecule has 3 nitrogen and oxygen atoms in total. The van der Waals surface area contributed by atoms with Gasteiger partial charge < -0.3 is 5.32 Å². The standard InChI is InChI=1S/C21H30N2O/c1-15-3-5-19(6-4-15)22-20(24)13-23(2)14-21-10-16-7-17(11-21)9-18(8-16)12-21/h3-6,16-18H,7-14H2,1-2H3,(H,22,24). The van der Waals surface area contributed by atoms with E-state index in [4.69, 9.17) is 0 Å². The van der Waals surface area contributed by atoms with Gasteiger partial charge in [0.2, 0.25) is 5.91 Å². The molecule has 1 amide bonds. The predicted molar refractivity (Wildman–Crippen MR) is 97.9 cm³/mol. The summed E-state index contributed by atoms with van der Waals surface area (Å²) in [5.74, 6) is 3.04. The second-order valence-electron chi connectivity index (χ2n) is 9.00. The lowest BCUT2D eigenvalue weighted by atomic mass is 9.49. The molecule has 4 saturated carbocycles. The van der Waals surface area contributed by atoms with Gasteiger partial charge in [0.1, 0.15) is 0 Å². The van der Waals surface area contributed by atoms with Crippen LogP contribution in [0.4, 0.5) is 5.69 Å². The van der Waals surface area contributed by atoms with E-state index in [2.05, 4.69) is 24.2 Å². The average molecular weight is 326 g/mol. The summed E-state index contributed by atoms with van der Waals surface area (Å²) in [7, 11) is 2.12. The summed E-state index contributed by atoms with van der Waals surface area (Å²) in [6.07, 6.45) is 8.67. The quantitative estimate of drug-likeness (QED) is 0.884. The first-order valence-corrected chi connectivity index (χ1v) is 9.55. The number of benzene rings is 1. The van der Waals surface area contributed by atoms with Gasteiger partial charge in [0.05, 0.1) is 6.54 Å². The second-order valence-corrected chi connectivity index (χ2v) is 9.00. The lowest BCUT2D eigenvalue weighted by molar-refractivity contribution is -0.118. The van der Waals surface area contributed by atoms with E-state index in [0.717, 1.165) is 30.0 Å². The maximum absolute atomic E-state index is 12.3. The van der Waals surface area contributed by atoms with Crippen molar-refractivity contribution >= 4 is 11.6 Å². The zero-order chi connectivity index (χ0) is 16.7. The van der Waals surface area contributed by atoms with Crippen LogP contribution >= 0.6 is 0 Å². The largest absolute Gasteiger partial charge is 0.325 e. The summed E-state index contributed by atoms with van der Waals surface area (Å²) in [5, 5.41) is 3.03. The van der Waals surface area contributed by atoms with Crippen LogP contribution in [0.2, 0.25) is 0 Å². The van der Waals surface area contributed by atoms with E-state index in [0.29, 0.717) is 12.0 Å². The van der Waals surface area contributed by atoms with E-state index in [1.165, 1.54) is 44.1 Å². The molecule has 1 aromatic rings. The predicted octanol–water partition coefficient (Wildman–Crippen LogP) is 4.08. The fraction of sp³-hybridized carbons (Fsp3) is 0.667. The SMILES string of the molecule is Cc1ccc(NC(=O)CN(C)CC23CC4CC(CC(C4)C2)C3)cc1. The Bertz CT molecular complexity index is 571. The summed E-state index contributed by atoms with van der Waals surface area (Å²) in [4.78, 5) is 14.6. The first-order chi connectivity index (χ1) is 11.5. The zero-order valence-corrected chi connectivity index (χ0v) is 15.1. The molecule has 0 radical (unpaired) electrons. The van der Waals surface area contributed by atoms with Gasteiger partial charge in [-0.2, -0.15) is 0 Å². The van der Waals surface area contributed by atoms with Gasteiger partial charge in [-0.05, 0) is 87.8 Å². The van der Waals surface area contributed by atoms with Gasteiger partial charge in [-0.3, -0.25) is 9.69 Å². The lowest BCUT2D eigenvalue weighted by Gasteiger charge is -2.57. The molecule has 4 bridgehead atoms. The van der Waals surface area contributed by atoms with Crippen molar-refractivity contribution in [2.75, 3.05) is 25.5 Å². The Balaban J connectivity index is 1.32. The molecule has 0 aromatic heterocycles. The summed E-state index contributed by atoms with van der Waals surface area (Å²) in [6.45, 7) is 3.65. The van der Waals surface area contributed by atoms with Crippen LogP contribution in [-0.2, 0) is 4.79 Å². The topological polar surface area (TPSA) is 32.3 Å². The van der Waals surface area contributed by atoms with Gasteiger partial charge in [-0.15, -0.1) is 0 Å². The van der Waals surface area contributed by atoms with E-state index in [1.54, 1.807) is 0 Å². The van der Waals surface area contributed by atoms with Gasteiger partial charge in [-0.25, -0.2) is 0 Å². The molecule has 0 atom stereocenters. The molecule has 4 aliphatic carbocycles. The number of nitrogens with one attached hydrogen (secondary N) is 1. The van der Waals surface area contributed by atoms with Crippen LogP contribution < -0.4 is 5.32 Å². The van der Waals surface area contributed by atoms with Gasteiger partial charge in [0, 0.05) is 12.2 Å². The molecule has 0 saturated heterocycles. The Morgan fingerprint density at radius 3 is 2.17 bits per heavy atom. The Kier molecular flexibility index (Phi) is 4.16. The minimum Gasteiger partial charge on any atom is -0.325 e. The van der Waals surface area contributed by atoms with Crippen LogP contribution in [0.1, 0.15) is 44.1 Å². The van der Waals surface area contributed by atoms with Crippen molar-refractivity contribution in [3.05, 3.63) is 29.8 Å². The van der Waals surface area contributed by atoms with Crippen LogP contribution in [0.15, 0.2) is 24.3 Å². The number of likely N-dealkylation sites (N-methyl/N-ethyl adjacent to an activating group) is 1. The van der Waals surface area contributed by atoms with Crippen molar-refractivity contribution in [2.24, 2.45) is 23.2 Å².